The molecule has 7 nitrogen and oxygen atoms in total. The summed E-state index contributed by atoms with van der Waals surface area (Å²) < 4.78 is 5.42. The molecule has 176 valence electrons. The molecule has 0 radical (unpaired) electrons. The predicted octanol–water partition coefficient (Wildman–Crippen LogP) is 4.65. The van der Waals surface area contributed by atoms with Crippen LogP contribution in [-0.2, 0) is 13.1 Å². The first-order valence-electron chi connectivity index (χ1n) is 11.6. The average molecular weight is 476 g/mol. The summed E-state index contributed by atoms with van der Waals surface area (Å²) in [5.74, 6) is 1.24. The number of aryl methyl sites for hydroxylation is 1. The van der Waals surface area contributed by atoms with E-state index >= 15 is 0 Å². The van der Waals surface area contributed by atoms with Crippen molar-refractivity contribution in [3.8, 4) is 5.75 Å². The minimum atomic E-state index is -0.169. The number of carbonyl (C=O) groups is 1. The van der Waals surface area contributed by atoms with Crippen molar-refractivity contribution in [2.24, 2.45) is 0 Å². The summed E-state index contributed by atoms with van der Waals surface area (Å²) >= 11 is 1.38. The molecule has 0 aliphatic carbocycles. The van der Waals surface area contributed by atoms with Gasteiger partial charge in [-0.3, -0.25) is 9.69 Å². The fourth-order valence-electron chi connectivity index (χ4n) is 4.55. The average Bonchev–Trinajstić information content (AvgIpc) is 3.51. The van der Waals surface area contributed by atoms with Gasteiger partial charge in [-0.1, -0.05) is 41.2 Å². The van der Waals surface area contributed by atoms with E-state index in [1.807, 2.05) is 37.3 Å². The molecule has 4 aromatic rings. The van der Waals surface area contributed by atoms with Crippen LogP contribution in [-0.4, -0.2) is 46.2 Å². The lowest BCUT2D eigenvalue weighted by Gasteiger charge is -2.31. The Labute approximate surface area is 203 Å². The van der Waals surface area contributed by atoms with Gasteiger partial charge in [-0.25, -0.2) is 0 Å². The predicted molar refractivity (Wildman–Crippen MR) is 134 cm³/mol. The third kappa shape index (κ3) is 4.98. The number of hydrogen-bond donors (Lipinski definition) is 2. The number of piperidine rings is 1. The summed E-state index contributed by atoms with van der Waals surface area (Å²) in [5.41, 5.74) is 4.80. The van der Waals surface area contributed by atoms with Crippen LogP contribution in [0.2, 0.25) is 0 Å². The Morgan fingerprint density at radius 2 is 1.97 bits per heavy atom. The van der Waals surface area contributed by atoms with Crippen LogP contribution in [0.4, 0.5) is 0 Å². The van der Waals surface area contributed by atoms with E-state index in [0.29, 0.717) is 17.5 Å². The zero-order valence-electron chi connectivity index (χ0n) is 19.5. The number of likely N-dealkylation sites (tertiary alicyclic amines) is 1. The van der Waals surface area contributed by atoms with Gasteiger partial charge in [-0.15, -0.1) is 10.2 Å². The largest absolute Gasteiger partial charge is 0.497 e. The van der Waals surface area contributed by atoms with Crippen LogP contribution in [0.15, 0.2) is 48.7 Å². The van der Waals surface area contributed by atoms with Crippen LogP contribution in [0.1, 0.15) is 50.3 Å². The molecule has 2 aromatic carbocycles. The maximum Gasteiger partial charge on any atom is 0.282 e. The van der Waals surface area contributed by atoms with Crippen molar-refractivity contribution in [2.45, 2.75) is 38.8 Å². The van der Waals surface area contributed by atoms with Crippen molar-refractivity contribution in [2.75, 3.05) is 20.2 Å². The molecule has 34 heavy (non-hydrogen) atoms. The minimum absolute atomic E-state index is 0.169. The molecule has 3 heterocycles. The Hall–Kier alpha value is -3.23. The van der Waals surface area contributed by atoms with E-state index < -0.39 is 0 Å². The number of rotatable bonds is 7. The fraction of sp³-hybridized carbons (Fsp3) is 0.346. The molecule has 1 fully saturated rings. The topological polar surface area (TPSA) is 83.1 Å². The lowest BCUT2D eigenvalue weighted by atomic mass is 9.89. The highest BCUT2D eigenvalue weighted by atomic mass is 32.1. The van der Waals surface area contributed by atoms with Crippen molar-refractivity contribution >= 4 is 28.1 Å². The standard InChI is InChI=1S/C26H29N5O2S/c1-17-3-5-18(6-4-17)14-28-25(32)26-30-29-24(34-26)16-31-11-9-19(10-12-31)22-15-27-23-8-7-20(33-2)13-21(22)23/h3-8,13,15,19,27H,9-12,14,16H2,1-2H3,(H,28,32). The first-order valence-corrected chi connectivity index (χ1v) is 12.4. The van der Waals surface area contributed by atoms with Gasteiger partial charge < -0.3 is 15.0 Å². The molecule has 8 heteroatoms. The Bertz CT molecular complexity index is 1270. The van der Waals surface area contributed by atoms with E-state index in [1.54, 1.807) is 7.11 Å². The normalized spacial score (nSPS) is 15.0. The van der Waals surface area contributed by atoms with E-state index in [4.69, 9.17) is 4.74 Å². The molecule has 1 saturated heterocycles. The fourth-order valence-corrected chi connectivity index (χ4v) is 5.35. The van der Waals surface area contributed by atoms with Gasteiger partial charge in [0.15, 0.2) is 0 Å². The molecule has 0 spiro atoms. The number of H-pyrrole nitrogens is 1. The maximum absolute atomic E-state index is 12.5. The molecule has 2 N–H and O–H groups in total. The number of ether oxygens (including phenoxy) is 1. The van der Waals surface area contributed by atoms with Crippen LogP contribution < -0.4 is 10.1 Å². The summed E-state index contributed by atoms with van der Waals surface area (Å²) in [7, 11) is 1.71. The highest BCUT2D eigenvalue weighted by molar-refractivity contribution is 7.13. The van der Waals surface area contributed by atoms with E-state index in [2.05, 4.69) is 43.7 Å². The number of fused-ring (bicyclic) bond motifs is 1. The molecule has 0 saturated carbocycles. The van der Waals surface area contributed by atoms with Crippen LogP contribution in [0.25, 0.3) is 10.9 Å². The third-order valence-electron chi connectivity index (χ3n) is 6.54. The van der Waals surface area contributed by atoms with E-state index in [0.717, 1.165) is 54.3 Å². The lowest BCUT2D eigenvalue weighted by Crippen LogP contribution is -2.32. The second kappa shape index (κ2) is 9.95. The number of methoxy groups -OCH3 is 1. The summed E-state index contributed by atoms with van der Waals surface area (Å²) in [5, 5.41) is 13.9. The number of aromatic amines is 1. The zero-order valence-corrected chi connectivity index (χ0v) is 20.3. The van der Waals surface area contributed by atoms with E-state index in [9.17, 15) is 4.79 Å². The Morgan fingerprint density at radius 1 is 1.18 bits per heavy atom. The molecule has 5 rings (SSSR count). The van der Waals surface area contributed by atoms with Crippen LogP contribution >= 0.6 is 11.3 Å². The first-order chi connectivity index (χ1) is 16.6. The van der Waals surface area contributed by atoms with Crippen molar-refractivity contribution in [1.29, 1.82) is 0 Å². The lowest BCUT2D eigenvalue weighted by molar-refractivity contribution is 0.0950. The Morgan fingerprint density at radius 3 is 2.74 bits per heavy atom. The van der Waals surface area contributed by atoms with Crippen molar-refractivity contribution in [1.82, 2.24) is 25.4 Å². The van der Waals surface area contributed by atoms with E-state index in [-0.39, 0.29) is 5.91 Å². The highest BCUT2D eigenvalue weighted by Crippen LogP contribution is 2.35. The SMILES string of the molecule is COc1ccc2[nH]cc(C3CCN(Cc4nnc(C(=O)NCc5ccc(C)cc5)s4)CC3)c2c1. The molecular formula is C26H29N5O2S. The second-order valence-corrected chi connectivity index (χ2v) is 9.94. The Kier molecular flexibility index (Phi) is 6.60. The number of benzene rings is 2. The minimum Gasteiger partial charge on any atom is -0.497 e. The number of aromatic nitrogens is 3. The van der Waals surface area contributed by atoms with Gasteiger partial charge >= 0.3 is 0 Å². The monoisotopic (exact) mass is 475 g/mol. The van der Waals surface area contributed by atoms with Gasteiger partial charge in [0.1, 0.15) is 10.8 Å². The second-order valence-electron chi connectivity index (χ2n) is 8.88. The van der Waals surface area contributed by atoms with Crippen molar-refractivity contribution in [3.05, 3.63) is 75.4 Å². The molecule has 0 atom stereocenters. The molecular weight excluding hydrogens is 446 g/mol. The molecule has 2 aromatic heterocycles. The summed E-state index contributed by atoms with van der Waals surface area (Å²) in [4.78, 5) is 18.3. The highest BCUT2D eigenvalue weighted by Gasteiger charge is 2.24. The summed E-state index contributed by atoms with van der Waals surface area (Å²) in [6, 6.07) is 14.3. The number of nitrogens with one attached hydrogen (secondary N) is 2. The van der Waals surface area contributed by atoms with Crippen LogP contribution in [0.3, 0.4) is 0 Å². The zero-order chi connectivity index (χ0) is 23.5. The molecule has 1 aliphatic heterocycles. The van der Waals surface area contributed by atoms with Gasteiger partial charge in [0.2, 0.25) is 5.01 Å². The van der Waals surface area contributed by atoms with Gasteiger partial charge in [0.25, 0.3) is 5.91 Å². The number of amides is 1. The van der Waals surface area contributed by atoms with Crippen LogP contribution in [0.5, 0.6) is 5.75 Å². The third-order valence-corrected chi connectivity index (χ3v) is 7.45. The smallest absolute Gasteiger partial charge is 0.282 e. The van der Waals surface area contributed by atoms with Gasteiger partial charge in [-0.05, 0) is 68.1 Å². The van der Waals surface area contributed by atoms with Crippen LogP contribution in [0, 0.1) is 6.92 Å². The molecule has 0 unspecified atom stereocenters. The molecule has 1 aliphatic rings. The number of hydrogen-bond acceptors (Lipinski definition) is 6. The maximum atomic E-state index is 12.5. The first kappa shape index (κ1) is 22.6. The Balaban J connectivity index is 1.14. The van der Waals surface area contributed by atoms with Gasteiger partial charge in [-0.2, -0.15) is 0 Å². The van der Waals surface area contributed by atoms with Crippen molar-refractivity contribution < 1.29 is 9.53 Å². The molecule has 1 amide bonds. The number of nitrogens with zero attached hydrogens (tertiary/aromatic N) is 3. The summed E-state index contributed by atoms with van der Waals surface area (Å²) in [6.45, 7) is 5.26. The summed E-state index contributed by atoms with van der Waals surface area (Å²) in [6.07, 6.45) is 4.33. The van der Waals surface area contributed by atoms with E-state index in [1.165, 1.54) is 27.8 Å². The van der Waals surface area contributed by atoms with Crippen molar-refractivity contribution in [3.63, 3.8) is 0 Å². The molecule has 0 bridgehead atoms. The number of carbonyl (C=O) groups excluding carboxylic acids is 1. The quantitative estimate of drug-likeness (QED) is 0.407. The van der Waals surface area contributed by atoms with Gasteiger partial charge in [0, 0.05) is 23.6 Å². The van der Waals surface area contributed by atoms with Gasteiger partial charge in [0.05, 0.1) is 13.7 Å².